The Kier molecular flexibility index (Phi) is 5.19. The van der Waals surface area contributed by atoms with Gasteiger partial charge in [-0.2, -0.15) is 5.10 Å². The number of aromatic nitrogens is 4. The van der Waals surface area contributed by atoms with Crippen LogP contribution in [0.1, 0.15) is 23.1 Å². The summed E-state index contributed by atoms with van der Waals surface area (Å²) in [6.07, 6.45) is 3.75. The lowest BCUT2D eigenvalue weighted by molar-refractivity contribution is -0.134. The number of ether oxygens (including phenoxy) is 1. The first-order valence-corrected chi connectivity index (χ1v) is 8.44. The van der Waals surface area contributed by atoms with Crippen LogP contribution in [0, 0.1) is 6.92 Å². The van der Waals surface area contributed by atoms with Gasteiger partial charge in [-0.3, -0.25) is 14.4 Å². The number of likely N-dealkylation sites (N-methyl/N-ethyl adjacent to an activating group) is 1. The topological polar surface area (TPSA) is 68.4 Å². The third-order valence-electron chi connectivity index (χ3n) is 4.51. The molecule has 0 aromatic carbocycles. The highest BCUT2D eigenvalue weighted by Crippen LogP contribution is 2.23. The summed E-state index contributed by atoms with van der Waals surface area (Å²) in [5.74, 6) is -0.0242. The van der Waals surface area contributed by atoms with Gasteiger partial charge in [-0.25, -0.2) is 4.98 Å². The quantitative estimate of drug-likeness (QED) is 0.766. The minimum atomic E-state index is -0.0242. The Bertz CT molecular complexity index is 735. The van der Waals surface area contributed by atoms with E-state index in [4.69, 9.17) is 4.74 Å². The van der Waals surface area contributed by atoms with E-state index in [1.54, 1.807) is 19.0 Å². The molecule has 1 amide bonds. The Labute approximate surface area is 148 Å². The average molecular weight is 346 g/mol. The van der Waals surface area contributed by atoms with E-state index in [-0.39, 0.29) is 18.6 Å². The molecule has 0 saturated carbocycles. The number of amides is 1. The van der Waals surface area contributed by atoms with Crippen molar-refractivity contribution in [1.82, 2.24) is 29.1 Å². The maximum Gasteiger partial charge on any atom is 0.248 e. The highest BCUT2D eigenvalue weighted by molar-refractivity contribution is 5.76. The van der Waals surface area contributed by atoms with Crippen molar-refractivity contribution in [2.75, 3.05) is 33.9 Å². The molecule has 0 radical (unpaired) electrons. The third kappa shape index (κ3) is 4.08. The van der Waals surface area contributed by atoms with E-state index in [1.165, 1.54) is 5.69 Å². The van der Waals surface area contributed by atoms with Crippen LogP contribution < -0.4 is 0 Å². The lowest BCUT2D eigenvalue weighted by atomic mass is 10.2. The number of nitrogens with zero attached hydrogens (tertiary/aromatic N) is 6. The molecule has 0 bridgehead atoms. The van der Waals surface area contributed by atoms with Crippen molar-refractivity contribution < 1.29 is 9.53 Å². The summed E-state index contributed by atoms with van der Waals surface area (Å²) >= 11 is 0. The maximum absolute atomic E-state index is 11.7. The first-order chi connectivity index (χ1) is 11.9. The van der Waals surface area contributed by atoms with E-state index >= 15 is 0 Å². The molecule has 2 aromatic rings. The first-order valence-electron chi connectivity index (χ1n) is 8.44. The van der Waals surface area contributed by atoms with E-state index < -0.39 is 0 Å². The molecule has 1 aliphatic rings. The first kappa shape index (κ1) is 17.6. The molecule has 25 heavy (non-hydrogen) atoms. The molecule has 0 aliphatic carbocycles. The Morgan fingerprint density at radius 1 is 1.44 bits per heavy atom. The highest BCUT2D eigenvalue weighted by Gasteiger charge is 2.26. The average Bonchev–Trinajstić information content (AvgIpc) is 3.13. The summed E-state index contributed by atoms with van der Waals surface area (Å²) in [5.41, 5.74) is 3.38. The Balaban J connectivity index is 1.65. The summed E-state index contributed by atoms with van der Waals surface area (Å²) < 4.78 is 9.76. The van der Waals surface area contributed by atoms with Crippen LogP contribution in [-0.4, -0.2) is 68.9 Å². The number of carbonyl (C=O) groups is 1. The van der Waals surface area contributed by atoms with Crippen LogP contribution in [0.3, 0.4) is 0 Å². The van der Waals surface area contributed by atoms with Gasteiger partial charge in [-0.05, 0) is 13.0 Å². The SMILES string of the molecule is Cc1cc(CN2Cc3cncn3[C@H](COCC(=O)N(C)C)C2)n(C)n1. The van der Waals surface area contributed by atoms with Crippen LogP contribution in [0.5, 0.6) is 0 Å². The standard InChI is InChI=1S/C17H26N6O2/c1-13-5-14(21(4)19-13)7-22-8-15-6-18-12-23(15)16(9-22)10-25-11-17(24)20(2)3/h5-6,12,16H,7-11H2,1-4H3/t16-/m0/s1. The van der Waals surface area contributed by atoms with Crippen molar-refractivity contribution in [2.24, 2.45) is 7.05 Å². The van der Waals surface area contributed by atoms with Gasteiger partial charge in [0.1, 0.15) is 6.61 Å². The molecule has 1 atom stereocenters. The predicted octanol–water partition coefficient (Wildman–Crippen LogP) is 0.587. The molecule has 136 valence electrons. The largest absolute Gasteiger partial charge is 0.369 e. The van der Waals surface area contributed by atoms with Crippen molar-refractivity contribution in [3.63, 3.8) is 0 Å². The van der Waals surface area contributed by atoms with Gasteiger partial charge in [-0.15, -0.1) is 0 Å². The predicted molar refractivity (Wildman–Crippen MR) is 92.8 cm³/mol. The zero-order valence-electron chi connectivity index (χ0n) is 15.3. The van der Waals surface area contributed by atoms with E-state index in [9.17, 15) is 4.79 Å². The van der Waals surface area contributed by atoms with Crippen LogP contribution in [0.15, 0.2) is 18.6 Å². The fraction of sp³-hybridized carbons (Fsp3) is 0.588. The molecule has 0 fully saturated rings. The molecule has 0 saturated heterocycles. The van der Waals surface area contributed by atoms with Gasteiger partial charge in [0.25, 0.3) is 0 Å². The lowest BCUT2D eigenvalue weighted by Crippen LogP contribution is -2.39. The molecule has 8 nitrogen and oxygen atoms in total. The number of fused-ring (bicyclic) bond motifs is 1. The minimum Gasteiger partial charge on any atom is -0.369 e. The van der Waals surface area contributed by atoms with Crippen molar-refractivity contribution in [3.8, 4) is 0 Å². The molecular formula is C17H26N6O2. The number of rotatable bonds is 6. The summed E-state index contributed by atoms with van der Waals surface area (Å²) in [6.45, 7) is 5.13. The fourth-order valence-corrected chi connectivity index (χ4v) is 3.17. The number of imidazole rings is 1. The summed E-state index contributed by atoms with van der Waals surface area (Å²) in [6, 6.07) is 2.27. The number of carbonyl (C=O) groups excluding carboxylic acids is 1. The number of hydrogen-bond donors (Lipinski definition) is 0. The molecule has 8 heteroatoms. The Morgan fingerprint density at radius 3 is 2.92 bits per heavy atom. The van der Waals surface area contributed by atoms with Crippen molar-refractivity contribution in [1.29, 1.82) is 0 Å². The van der Waals surface area contributed by atoms with E-state index in [1.807, 2.05) is 31.2 Å². The van der Waals surface area contributed by atoms with Crippen molar-refractivity contribution >= 4 is 5.91 Å². The molecule has 1 aliphatic heterocycles. The lowest BCUT2D eigenvalue weighted by Gasteiger charge is -2.34. The zero-order chi connectivity index (χ0) is 18.0. The smallest absolute Gasteiger partial charge is 0.248 e. The maximum atomic E-state index is 11.7. The van der Waals surface area contributed by atoms with Crippen LogP contribution in [0.4, 0.5) is 0 Å². The van der Waals surface area contributed by atoms with Crippen LogP contribution in [-0.2, 0) is 29.7 Å². The van der Waals surface area contributed by atoms with Gasteiger partial charge in [-0.1, -0.05) is 0 Å². The van der Waals surface area contributed by atoms with Crippen LogP contribution >= 0.6 is 0 Å². The van der Waals surface area contributed by atoms with Gasteiger partial charge in [0, 0.05) is 47.0 Å². The van der Waals surface area contributed by atoms with Gasteiger partial charge >= 0.3 is 0 Å². The molecule has 0 spiro atoms. The number of aryl methyl sites for hydroxylation is 2. The van der Waals surface area contributed by atoms with Gasteiger partial charge in [0.2, 0.25) is 5.91 Å². The summed E-state index contributed by atoms with van der Waals surface area (Å²) in [4.78, 5) is 19.9. The summed E-state index contributed by atoms with van der Waals surface area (Å²) in [5, 5.41) is 4.42. The highest BCUT2D eigenvalue weighted by atomic mass is 16.5. The monoisotopic (exact) mass is 346 g/mol. The van der Waals surface area contributed by atoms with E-state index in [0.29, 0.717) is 6.61 Å². The molecule has 2 aromatic heterocycles. The van der Waals surface area contributed by atoms with Gasteiger partial charge in [0.05, 0.1) is 36.1 Å². The number of hydrogen-bond acceptors (Lipinski definition) is 5. The molecular weight excluding hydrogens is 320 g/mol. The molecule has 0 N–H and O–H groups in total. The third-order valence-corrected chi connectivity index (χ3v) is 4.51. The Hall–Kier alpha value is -2.19. The molecule has 3 heterocycles. The van der Waals surface area contributed by atoms with E-state index in [2.05, 4.69) is 25.6 Å². The van der Waals surface area contributed by atoms with Crippen LogP contribution in [0.25, 0.3) is 0 Å². The minimum absolute atomic E-state index is 0.0242. The fourth-order valence-electron chi connectivity index (χ4n) is 3.17. The van der Waals surface area contributed by atoms with E-state index in [0.717, 1.165) is 31.0 Å². The van der Waals surface area contributed by atoms with Gasteiger partial charge in [0.15, 0.2) is 0 Å². The second-order valence-electron chi connectivity index (χ2n) is 6.82. The second-order valence-corrected chi connectivity index (χ2v) is 6.82. The zero-order valence-corrected chi connectivity index (χ0v) is 15.3. The molecule has 0 unspecified atom stereocenters. The molecule has 3 rings (SSSR count). The van der Waals surface area contributed by atoms with Crippen LogP contribution in [0.2, 0.25) is 0 Å². The Morgan fingerprint density at radius 2 is 2.24 bits per heavy atom. The van der Waals surface area contributed by atoms with Crippen molar-refractivity contribution in [3.05, 3.63) is 35.7 Å². The summed E-state index contributed by atoms with van der Waals surface area (Å²) in [7, 11) is 5.44. The van der Waals surface area contributed by atoms with Crippen molar-refractivity contribution in [2.45, 2.75) is 26.1 Å². The normalized spacial score (nSPS) is 17.5. The second kappa shape index (κ2) is 7.37. The van der Waals surface area contributed by atoms with Gasteiger partial charge < -0.3 is 14.2 Å².